The number of hydrogen-bond acceptors (Lipinski definition) is 5. The molecule has 2 heterocycles. The van der Waals surface area contributed by atoms with Crippen LogP contribution in [0.5, 0.6) is 0 Å². The Bertz CT molecular complexity index is 1160. The van der Waals surface area contributed by atoms with Crippen LogP contribution in [0.1, 0.15) is 31.2 Å². The minimum atomic E-state index is 0.125. The van der Waals surface area contributed by atoms with Gasteiger partial charge < -0.3 is 9.80 Å². The van der Waals surface area contributed by atoms with E-state index in [9.17, 15) is 10.1 Å². The Kier molecular flexibility index (Phi) is 7.87. The molecule has 0 unspecified atom stereocenters. The lowest BCUT2D eigenvalue weighted by atomic mass is 9.99. The molecule has 1 amide bonds. The molecular formula is C28H30N4OS. The van der Waals surface area contributed by atoms with Crippen LogP contribution in [0.3, 0.4) is 0 Å². The normalized spacial score (nSPS) is 13.7. The van der Waals surface area contributed by atoms with E-state index in [0.717, 1.165) is 54.0 Å². The van der Waals surface area contributed by atoms with Gasteiger partial charge in [0.2, 0.25) is 5.91 Å². The van der Waals surface area contributed by atoms with Crippen molar-refractivity contribution in [2.24, 2.45) is 0 Å². The molecule has 0 aliphatic carbocycles. The van der Waals surface area contributed by atoms with Gasteiger partial charge in [-0.25, -0.2) is 4.98 Å². The van der Waals surface area contributed by atoms with Crippen LogP contribution in [-0.4, -0.2) is 48.7 Å². The zero-order valence-electron chi connectivity index (χ0n) is 19.8. The number of nitrogens with zero attached hydrogens (tertiary/aromatic N) is 4. The van der Waals surface area contributed by atoms with Gasteiger partial charge in [-0.15, -0.1) is 0 Å². The van der Waals surface area contributed by atoms with Gasteiger partial charge in [-0.1, -0.05) is 67.1 Å². The summed E-state index contributed by atoms with van der Waals surface area (Å²) in [5.41, 5.74) is 5.20. The quantitative estimate of drug-likeness (QED) is 0.423. The molecular weight excluding hydrogens is 440 g/mol. The number of pyridine rings is 1. The lowest BCUT2D eigenvalue weighted by Crippen LogP contribution is -2.33. The number of nitriles is 1. The molecule has 1 aliphatic rings. The molecule has 1 aliphatic heterocycles. The summed E-state index contributed by atoms with van der Waals surface area (Å²) in [6, 6.07) is 22.5. The second-order valence-corrected chi connectivity index (χ2v) is 9.70. The number of likely N-dealkylation sites (tertiary alicyclic amines) is 1. The largest absolute Gasteiger partial charge is 0.378 e. The van der Waals surface area contributed by atoms with Gasteiger partial charge in [0.1, 0.15) is 11.1 Å². The van der Waals surface area contributed by atoms with E-state index in [4.69, 9.17) is 4.98 Å². The number of carbonyl (C=O) groups excluding carboxylic acids is 1. The highest BCUT2D eigenvalue weighted by Gasteiger charge is 2.20. The van der Waals surface area contributed by atoms with Gasteiger partial charge >= 0.3 is 0 Å². The average molecular weight is 471 g/mol. The summed E-state index contributed by atoms with van der Waals surface area (Å²) in [6.45, 7) is 1.65. The third kappa shape index (κ3) is 5.60. The Labute approximate surface area is 206 Å². The first-order valence-corrected chi connectivity index (χ1v) is 12.7. The van der Waals surface area contributed by atoms with Gasteiger partial charge in [0.15, 0.2) is 0 Å². The molecule has 1 fully saturated rings. The predicted octanol–water partition coefficient (Wildman–Crippen LogP) is 5.85. The number of thioether (sulfide) groups is 1. The van der Waals surface area contributed by atoms with E-state index in [1.807, 2.05) is 72.4 Å². The number of aromatic nitrogens is 1. The maximum Gasteiger partial charge on any atom is 0.232 e. The third-order valence-corrected chi connectivity index (χ3v) is 7.11. The van der Waals surface area contributed by atoms with Crippen molar-refractivity contribution in [1.82, 2.24) is 9.88 Å². The minimum Gasteiger partial charge on any atom is -0.378 e. The summed E-state index contributed by atoms with van der Waals surface area (Å²) in [7, 11) is 4.01. The highest BCUT2D eigenvalue weighted by Crippen LogP contribution is 2.35. The van der Waals surface area contributed by atoms with Crippen LogP contribution >= 0.6 is 11.8 Å². The number of hydrogen-bond donors (Lipinski definition) is 0. The number of carbonyl (C=O) groups is 1. The van der Waals surface area contributed by atoms with Crippen molar-refractivity contribution >= 4 is 23.4 Å². The second-order valence-electron chi connectivity index (χ2n) is 8.74. The molecule has 0 bridgehead atoms. The fourth-order valence-electron chi connectivity index (χ4n) is 4.20. The molecule has 0 N–H and O–H groups in total. The van der Waals surface area contributed by atoms with Crippen molar-refractivity contribution in [3.8, 4) is 28.5 Å². The highest BCUT2D eigenvalue weighted by atomic mass is 32.2. The van der Waals surface area contributed by atoms with Crippen molar-refractivity contribution in [2.45, 2.75) is 30.7 Å². The van der Waals surface area contributed by atoms with Crippen LogP contribution in [0.4, 0.5) is 5.69 Å². The van der Waals surface area contributed by atoms with E-state index in [0.29, 0.717) is 16.3 Å². The Hall–Kier alpha value is -3.30. The van der Waals surface area contributed by atoms with E-state index in [1.54, 1.807) is 0 Å². The Morgan fingerprint density at radius 2 is 1.68 bits per heavy atom. The summed E-state index contributed by atoms with van der Waals surface area (Å²) in [4.78, 5) is 21.8. The van der Waals surface area contributed by atoms with Crippen LogP contribution in [0.15, 0.2) is 65.7 Å². The van der Waals surface area contributed by atoms with E-state index >= 15 is 0 Å². The van der Waals surface area contributed by atoms with Crippen LogP contribution < -0.4 is 4.90 Å². The zero-order valence-corrected chi connectivity index (χ0v) is 20.6. The van der Waals surface area contributed by atoms with Crippen molar-refractivity contribution < 1.29 is 4.79 Å². The first kappa shape index (κ1) is 23.8. The lowest BCUT2D eigenvalue weighted by molar-refractivity contribution is -0.128. The molecule has 34 heavy (non-hydrogen) atoms. The number of benzene rings is 2. The molecule has 174 valence electrons. The molecule has 0 atom stereocenters. The smallest absolute Gasteiger partial charge is 0.232 e. The Morgan fingerprint density at radius 1 is 1.00 bits per heavy atom. The summed E-state index contributed by atoms with van der Waals surface area (Å²) in [6.07, 6.45) is 4.50. The van der Waals surface area contributed by atoms with Gasteiger partial charge in [0.25, 0.3) is 0 Å². The van der Waals surface area contributed by atoms with Gasteiger partial charge in [-0.3, -0.25) is 4.79 Å². The Morgan fingerprint density at radius 3 is 2.29 bits per heavy atom. The summed E-state index contributed by atoms with van der Waals surface area (Å²) >= 11 is 1.37. The molecule has 0 saturated carbocycles. The number of amides is 1. The topological polar surface area (TPSA) is 60.2 Å². The van der Waals surface area contributed by atoms with Crippen molar-refractivity contribution in [2.75, 3.05) is 37.8 Å². The van der Waals surface area contributed by atoms with Crippen LogP contribution in [0, 0.1) is 11.3 Å². The van der Waals surface area contributed by atoms with E-state index < -0.39 is 0 Å². The molecule has 5 nitrogen and oxygen atoms in total. The molecule has 0 radical (unpaired) electrons. The number of rotatable bonds is 6. The predicted molar refractivity (Wildman–Crippen MR) is 140 cm³/mol. The highest BCUT2D eigenvalue weighted by molar-refractivity contribution is 8.00. The van der Waals surface area contributed by atoms with E-state index in [1.165, 1.54) is 24.6 Å². The second kappa shape index (κ2) is 11.2. The molecule has 6 heteroatoms. The lowest BCUT2D eigenvalue weighted by Gasteiger charge is -2.20. The summed E-state index contributed by atoms with van der Waals surface area (Å²) in [5, 5.41) is 10.7. The first-order valence-electron chi connectivity index (χ1n) is 11.8. The van der Waals surface area contributed by atoms with Crippen LogP contribution in [0.25, 0.3) is 22.4 Å². The van der Waals surface area contributed by atoms with Crippen LogP contribution in [0.2, 0.25) is 0 Å². The molecule has 3 aromatic rings. The van der Waals surface area contributed by atoms with Crippen LogP contribution in [-0.2, 0) is 4.79 Å². The molecule has 1 saturated heterocycles. The fraction of sp³-hybridized carbons (Fsp3) is 0.321. The first-order chi connectivity index (χ1) is 16.6. The molecule has 0 spiro atoms. The molecule has 4 rings (SSSR count). The standard InChI is InChI=1S/C28H30N4OS/c1-31(2)23-14-12-21(13-15-23)24-18-26(22-10-6-5-7-11-22)30-28(25(24)19-29)34-20-27(33)32-16-8-3-4-9-17-32/h5-7,10-15,18H,3-4,8-9,16-17,20H2,1-2H3. The Balaban J connectivity index is 1.70. The zero-order chi connectivity index (χ0) is 23.9. The van der Waals surface area contributed by atoms with Gasteiger partial charge in [0.05, 0.1) is 17.0 Å². The average Bonchev–Trinajstić information content (AvgIpc) is 3.17. The third-order valence-electron chi connectivity index (χ3n) is 6.15. The van der Waals surface area contributed by atoms with Gasteiger partial charge in [-0.2, -0.15) is 5.26 Å². The van der Waals surface area contributed by atoms with Gasteiger partial charge in [0, 0.05) is 44.0 Å². The maximum absolute atomic E-state index is 12.9. The van der Waals surface area contributed by atoms with Gasteiger partial charge in [-0.05, 0) is 36.6 Å². The van der Waals surface area contributed by atoms with Crippen molar-refractivity contribution in [3.05, 3.63) is 66.2 Å². The minimum absolute atomic E-state index is 0.125. The summed E-state index contributed by atoms with van der Waals surface area (Å²) < 4.78 is 0. The molecule has 2 aromatic carbocycles. The fourth-order valence-corrected chi connectivity index (χ4v) is 5.10. The van der Waals surface area contributed by atoms with E-state index in [-0.39, 0.29) is 5.91 Å². The van der Waals surface area contributed by atoms with Crippen molar-refractivity contribution in [3.63, 3.8) is 0 Å². The molecule has 1 aromatic heterocycles. The monoisotopic (exact) mass is 470 g/mol. The van der Waals surface area contributed by atoms with Crippen molar-refractivity contribution in [1.29, 1.82) is 5.26 Å². The summed E-state index contributed by atoms with van der Waals surface area (Å²) in [5.74, 6) is 0.415. The SMILES string of the molecule is CN(C)c1ccc(-c2cc(-c3ccccc3)nc(SCC(=O)N3CCCCCC3)c2C#N)cc1. The maximum atomic E-state index is 12.9. The number of anilines is 1. The van der Waals surface area contributed by atoms with E-state index in [2.05, 4.69) is 18.2 Å².